The van der Waals surface area contributed by atoms with E-state index in [-0.39, 0.29) is 10.3 Å². The fraction of sp³-hybridized carbons (Fsp3) is 0.400. The average molecular weight is 305 g/mol. The Kier molecular flexibility index (Phi) is 3.47. The molecule has 0 aliphatic heterocycles. The lowest BCUT2D eigenvalue weighted by atomic mass is 10.1. The topological polar surface area (TPSA) is 85.1 Å². The fourth-order valence-electron chi connectivity index (χ4n) is 2.48. The van der Waals surface area contributed by atoms with Crippen molar-refractivity contribution in [2.45, 2.75) is 24.7 Å². The summed E-state index contributed by atoms with van der Waals surface area (Å²) >= 11 is 0. The summed E-state index contributed by atoms with van der Waals surface area (Å²) < 4.78 is 27.8. The van der Waals surface area contributed by atoms with Gasteiger partial charge in [-0.05, 0) is 55.5 Å². The zero-order valence-corrected chi connectivity index (χ0v) is 12.8. The summed E-state index contributed by atoms with van der Waals surface area (Å²) in [4.78, 5) is 4.56. The summed E-state index contributed by atoms with van der Waals surface area (Å²) in [5.41, 5.74) is 7.35. The number of aromatic nitrogens is 1. The number of benzene rings is 1. The van der Waals surface area contributed by atoms with Crippen molar-refractivity contribution in [3.05, 3.63) is 36.0 Å². The van der Waals surface area contributed by atoms with Gasteiger partial charge in [0.2, 0.25) is 10.0 Å². The SMILES string of the molecule is Cc1ccc(S(=O)(=O)NCC2(CN)CC2)c2cccnc12. The van der Waals surface area contributed by atoms with Crippen LogP contribution in [-0.4, -0.2) is 26.5 Å². The molecule has 1 aromatic heterocycles. The smallest absolute Gasteiger partial charge is 0.241 e. The quantitative estimate of drug-likeness (QED) is 0.878. The standard InChI is InChI=1S/C15H19N3O2S/c1-11-4-5-13(12-3-2-8-17-14(11)12)21(19,20)18-10-15(9-16)6-7-15/h2-5,8,18H,6-7,9-10,16H2,1H3. The molecule has 1 aliphatic carbocycles. The van der Waals surface area contributed by atoms with Gasteiger partial charge in [-0.2, -0.15) is 0 Å². The van der Waals surface area contributed by atoms with Crippen LogP contribution in [0.1, 0.15) is 18.4 Å². The van der Waals surface area contributed by atoms with Crippen LogP contribution in [0.15, 0.2) is 35.4 Å². The number of sulfonamides is 1. The molecule has 112 valence electrons. The van der Waals surface area contributed by atoms with Gasteiger partial charge < -0.3 is 5.73 Å². The first-order chi connectivity index (χ1) is 9.97. The van der Waals surface area contributed by atoms with E-state index in [1.54, 1.807) is 30.5 Å². The van der Waals surface area contributed by atoms with E-state index in [4.69, 9.17) is 5.73 Å². The Morgan fingerprint density at radius 3 is 2.76 bits per heavy atom. The normalized spacial score (nSPS) is 17.0. The van der Waals surface area contributed by atoms with Crippen molar-refractivity contribution in [2.24, 2.45) is 11.1 Å². The molecule has 6 heteroatoms. The molecule has 1 fully saturated rings. The fourth-order valence-corrected chi connectivity index (χ4v) is 3.83. The van der Waals surface area contributed by atoms with Crippen molar-refractivity contribution in [1.82, 2.24) is 9.71 Å². The van der Waals surface area contributed by atoms with E-state index in [2.05, 4.69) is 9.71 Å². The zero-order valence-electron chi connectivity index (χ0n) is 12.0. The lowest BCUT2D eigenvalue weighted by Gasteiger charge is -2.15. The maximum Gasteiger partial charge on any atom is 0.241 e. The van der Waals surface area contributed by atoms with Crippen LogP contribution in [0, 0.1) is 12.3 Å². The zero-order chi connectivity index (χ0) is 15.1. The lowest BCUT2D eigenvalue weighted by Crippen LogP contribution is -2.34. The first-order valence-corrected chi connectivity index (χ1v) is 8.50. The molecule has 2 aromatic rings. The Morgan fingerprint density at radius 2 is 2.10 bits per heavy atom. The van der Waals surface area contributed by atoms with Gasteiger partial charge >= 0.3 is 0 Å². The molecule has 0 atom stereocenters. The van der Waals surface area contributed by atoms with Gasteiger partial charge in [0, 0.05) is 18.1 Å². The molecule has 21 heavy (non-hydrogen) atoms. The van der Waals surface area contributed by atoms with Gasteiger partial charge in [0.25, 0.3) is 0 Å². The van der Waals surface area contributed by atoms with E-state index in [1.807, 2.05) is 6.92 Å². The van der Waals surface area contributed by atoms with Gasteiger partial charge in [0.05, 0.1) is 10.4 Å². The van der Waals surface area contributed by atoms with Gasteiger partial charge in [0.15, 0.2) is 0 Å². The number of pyridine rings is 1. The third kappa shape index (κ3) is 2.66. The van der Waals surface area contributed by atoms with Crippen LogP contribution in [0.4, 0.5) is 0 Å². The molecule has 1 saturated carbocycles. The van der Waals surface area contributed by atoms with Crippen LogP contribution in [-0.2, 0) is 10.0 Å². The number of nitrogens with one attached hydrogen (secondary N) is 1. The largest absolute Gasteiger partial charge is 0.330 e. The molecule has 3 N–H and O–H groups in total. The van der Waals surface area contributed by atoms with Crippen molar-refractivity contribution in [1.29, 1.82) is 0 Å². The highest BCUT2D eigenvalue weighted by Gasteiger charge is 2.41. The van der Waals surface area contributed by atoms with Gasteiger partial charge in [-0.1, -0.05) is 6.07 Å². The monoisotopic (exact) mass is 305 g/mol. The Bertz CT molecular complexity index is 783. The van der Waals surface area contributed by atoms with E-state index in [0.29, 0.717) is 18.5 Å². The second kappa shape index (κ2) is 5.05. The number of aryl methyl sites for hydroxylation is 1. The molecular formula is C15H19N3O2S. The van der Waals surface area contributed by atoms with E-state index in [9.17, 15) is 8.42 Å². The first-order valence-electron chi connectivity index (χ1n) is 7.02. The molecule has 1 heterocycles. The van der Waals surface area contributed by atoms with Crippen LogP contribution in [0.2, 0.25) is 0 Å². The summed E-state index contributed by atoms with van der Waals surface area (Å²) in [7, 11) is -3.55. The van der Waals surface area contributed by atoms with E-state index in [0.717, 1.165) is 23.9 Å². The summed E-state index contributed by atoms with van der Waals surface area (Å²) in [5.74, 6) is 0. The molecule has 0 radical (unpaired) electrons. The maximum atomic E-state index is 12.6. The molecule has 1 aromatic carbocycles. The molecule has 1 aliphatic rings. The van der Waals surface area contributed by atoms with Crippen molar-refractivity contribution >= 4 is 20.9 Å². The third-order valence-corrected chi connectivity index (χ3v) is 5.71. The molecule has 3 rings (SSSR count). The molecule has 0 unspecified atom stereocenters. The minimum atomic E-state index is -3.55. The predicted molar refractivity (Wildman–Crippen MR) is 82.4 cm³/mol. The third-order valence-electron chi connectivity index (χ3n) is 4.25. The van der Waals surface area contributed by atoms with Crippen LogP contribution in [0.25, 0.3) is 10.9 Å². The van der Waals surface area contributed by atoms with Crippen molar-refractivity contribution in [3.63, 3.8) is 0 Å². The van der Waals surface area contributed by atoms with Crippen LogP contribution < -0.4 is 10.5 Å². The van der Waals surface area contributed by atoms with Gasteiger partial charge in [0.1, 0.15) is 0 Å². The Morgan fingerprint density at radius 1 is 1.33 bits per heavy atom. The second-order valence-corrected chi connectivity index (χ2v) is 7.54. The Balaban J connectivity index is 1.97. The highest BCUT2D eigenvalue weighted by Crippen LogP contribution is 2.44. The number of rotatable bonds is 5. The molecule has 0 bridgehead atoms. The van der Waals surface area contributed by atoms with Gasteiger partial charge in [-0.25, -0.2) is 13.1 Å². The van der Waals surface area contributed by atoms with E-state index in [1.165, 1.54) is 0 Å². The lowest BCUT2D eigenvalue weighted by molar-refractivity contribution is 0.501. The first kappa shape index (κ1) is 14.4. The van der Waals surface area contributed by atoms with E-state index < -0.39 is 10.0 Å². The number of fused-ring (bicyclic) bond motifs is 1. The highest BCUT2D eigenvalue weighted by atomic mass is 32.2. The second-order valence-electron chi connectivity index (χ2n) is 5.81. The molecular weight excluding hydrogens is 286 g/mol. The van der Waals surface area contributed by atoms with Gasteiger partial charge in [-0.3, -0.25) is 4.98 Å². The average Bonchev–Trinajstić information content (AvgIpc) is 3.26. The molecule has 0 saturated heterocycles. The van der Waals surface area contributed by atoms with E-state index >= 15 is 0 Å². The molecule has 0 amide bonds. The number of hydrogen-bond donors (Lipinski definition) is 2. The van der Waals surface area contributed by atoms with Crippen LogP contribution >= 0.6 is 0 Å². The summed E-state index contributed by atoms with van der Waals surface area (Å²) in [6.07, 6.45) is 3.65. The number of nitrogens with zero attached hydrogens (tertiary/aromatic N) is 1. The van der Waals surface area contributed by atoms with Crippen LogP contribution in [0.5, 0.6) is 0 Å². The summed E-state index contributed by atoms with van der Waals surface area (Å²) in [5, 5.41) is 0.655. The highest BCUT2D eigenvalue weighted by molar-refractivity contribution is 7.89. The van der Waals surface area contributed by atoms with Crippen molar-refractivity contribution in [2.75, 3.05) is 13.1 Å². The number of hydrogen-bond acceptors (Lipinski definition) is 4. The molecule has 5 nitrogen and oxygen atoms in total. The summed E-state index contributed by atoms with van der Waals surface area (Å²) in [6.45, 7) is 2.85. The number of nitrogens with two attached hydrogens (primary N) is 1. The Labute approximate surface area is 124 Å². The minimum Gasteiger partial charge on any atom is -0.330 e. The van der Waals surface area contributed by atoms with Crippen LogP contribution in [0.3, 0.4) is 0 Å². The van der Waals surface area contributed by atoms with Crippen molar-refractivity contribution < 1.29 is 8.42 Å². The minimum absolute atomic E-state index is 0.0359. The molecule has 0 spiro atoms. The summed E-state index contributed by atoms with van der Waals surface area (Å²) in [6, 6.07) is 6.98. The van der Waals surface area contributed by atoms with Crippen molar-refractivity contribution in [3.8, 4) is 0 Å². The maximum absolute atomic E-state index is 12.6. The Hall–Kier alpha value is -1.50. The predicted octanol–water partition coefficient (Wildman–Crippen LogP) is 1.56. The van der Waals surface area contributed by atoms with Gasteiger partial charge in [-0.15, -0.1) is 0 Å².